The fourth-order valence-corrected chi connectivity index (χ4v) is 3.00. The van der Waals surface area contributed by atoms with Gasteiger partial charge in [0.15, 0.2) is 0 Å². The van der Waals surface area contributed by atoms with Gasteiger partial charge < -0.3 is 5.11 Å². The summed E-state index contributed by atoms with van der Waals surface area (Å²) in [7, 11) is -4.41. The number of nitro groups is 1. The summed E-state index contributed by atoms with van der Waals surface area (Å²) in [6, 6.07) is 1.75. The smallest absolute Gasteiger partial charge is 0.289 e. The molecule has 7 nitrogen and oxygen atoms in total. The molecule has 0 aliphatic rings. The molecule has 2 N–H and O–H groups in total. The van der Waals surface area contributed by atoms with Crippen LogP contribution in [0.2, 0.25) is 5.02 Å². The standard InChI is InChI=1S/C10H11ClF2N2O5S/c1-6-2-7(11)8(15(17)18)3-9(6)21(19,20)14-4-10(12,13)5-16/h2-3,14,16H,4-5H2,1H3. The van der Waals surface area contributed by atoms with Gasteiger partial charge >= 0.3 is 0 Å². The van der Waals surface area contributed by atoms with Crippen LogP contribution in [-0.4, -0.2) is 37.5 Å². The number of sulfonamides is 1. The molecule has 0 saturated carbocycles. The summed E-state index contributed by atoms with van der Waals surface area (Å²) >= 11 is 5.61. The Kier molecular flexibility index (Phi) is 5.20. The van der Waals surface area contributed by atoms with Gasteiger partial charge in [0.2, 0.25) is 10.0 Å². The third kappa shape index (κ3) is 4.30. The first-order chi connectivity index (χ1) is 9.50. The Morgan fingerprint density at radius 1 is 1.48 bits per heavy atom. The topological polar surface area (TPSA) is 110 Å². The Bertz CT molecular complexity index is 666. The molecule has 0 aliphatic heterocycles. The molecule has 21 heavy (non-hydrogen) atoms. The second-order valence-electron chi connectivity index (χ2n) is 4.16. The van der Waals surface area contributed by atoms with Crippen molar-refractivity contribution in [1.82, 2.24) is 4.72 Å². The third-order valence-electron chi connectivity index (χ3n) is 2.48. The summed E-state index contributed by atoms with van der Waals surface area (Å²) in [6.45, 7) is -1.55. The zero-order valence-corrected chi connectivity index (χ0v) is 12.2. The molecule has 0 aliphatic carbocycles. The van der Waals surface area contributed by atoms with Gasteiger partial charge in [-0.15, -0.1) is 0 Å². The summed E-state index contributed by atoms with van der Waals surface area (Å²) in [6.07, 6.45) is 0. The summed E-state index contributed by atoms with van der Waals surface area (Å²) in [5.74, 6) is -3.64. The van der Waals surface area contributed by atoms with Crippen LogP contribution in [0.1, 0.15) is 5.56 Å². The lowest BCUT2D eigenvalue weighted by atomic mass is 10.2. The number of benzene rings is 1. The summed E-state index contributed by atoms with van der Waals surface area (Å²) in [5, 5.41) is 18.8. The molecule has 11 heteroatoms. The SMILES string of the molecule is Cc1cc(Cl)c([N+](=O)[O-])cc1S(=O)(=O)NCC(F)(F)CO. The molecule has 0 bridgehead atoms. The minimum atomic E-state index is -4.41. The number of halogens is 3. The van der Waals surface area contributed by atoms with Gasteiger partial charge in [0, 0.05) is 6.07 Å². The normalized spacial score (nSPS) is 12.4. The van der Waals surface area contributed by atoms with Crippen LogP contribution < -0.4 is 4.72 Å². The minimum Gasteiger partial charge on any atom is -0.390 e. The molecule has 0 unspecified atom stereocenters. The molecule has 1 aromatic carbocycles. The number of hydrogen-bond donors (Lipinski definition) is 2. The maximum atomic E-state index is 12.9. The van der Waals surface area contributed by atoms with Crippen molar-refractivity contribution in [2.75, 3.05) is 13.2 Å². The average molecular weight is 345 g/mol. The van der Waals surface area contributed by atoms with Gasteiger partial charge in [0.25, 0.3) is 11.6 Å². The van der Waals surface area contributed by atoms with Gasteiger partial charge in [-0.3, -0.25) is 10.1 Å². The highest BCUT2D eigenvalue weighted by molar-refractivity contribution is 7.89. The van der Waals surface area contributed by atoms with Gasteiger partial charge in [-0.25, -0.2) is 21.9 Å². The second-order valence-corrected chi connectivity index (χ2v) is 6.31. The van der Waals surface area contributed by atoms with Crippen molar-refractivity contribution in [2.24, 2.45) is 0 Å². The Hall–Kier alpha value is -1.36. The highest BCUT2D eigenvalue weighted by atomic mass is 35.5. The minimum absolute atomic E-state index is 0.0606. The van der Waals surface area contributed by atoms with Crippen molar-refractivity contribution in [3.05, 3.63) is 32.8 Å². The molecule has 0 spiro atoms. The zero-order chi connectivity index (χ0) is 16.4. The number of aryl methyl sites for hydroxylation is 1. The van der Waals surface area contributed by atoms with Crippen LogP contribution in [-0.2, 0) is 10.0 Å². The monoisotopic (exact) mass is 344 g/mol. The van der Waals surface area contributed by atoms with Crippen LogP contribution in [0.15, 0.2) is 17.0 Å². The van der Waals surface area contributed by atoms with Crippen LogP contribution in [0.3, 0.4) is 0 Å². The predicted octanol–water partition coefficient (Wildman–Crippen LogP) is 1.46. The first-order valence-corrected chi connectivity index (χ1v) is 7.29. The predicted molar refractivity (Wildman–Crippen MR) is 70.1 cm³/mol. The van der Waals surface area contributed by atoms with Gasteiger partial charge in [-0.05, 0) is 18.6 Å². The molecule has 0 aromatic heterocycles. The van der Waals surface area contributed by atoms with E-state index in [4.69, 9.17) is 16.7 Å². The van der Waals surface area contributed by atoms with Gasteiger partial charge in [0.05, 0.1) is 16.4 Å². The summed E-state index contributed by atoms with van der Waals surface area (Å²) < 4.78 is 51.1. The van der Waals surface area contributed by atoms with Crippen LogP contribution in [0.25, 0.3) is 0 Å². The van der Waals surface area contributed by atoms with Crippen LogP contribution in [0.5, 0.6) is 0 Å². The Balaban J connectivity index is 3.20. The number of alkyl halides is 2. The zero-order valence-electron chi connectivity index (χ0n) is 10.6. The van der Waals surface area contributed by atoms with Crippen molar-refractivity contribution in [3.63, 3.8) is 0 Å². The molecule has 0 fully saturated rings. The Morgan fingerprint density at radius 2 is 2.05 bits per heavy atom. The van der Waals surface area contributed by atoms with Crippen molar-refractivity contribution in [1.29, 1.82) is 0 Å². The lowest BCUT2D eigenvalue weighted by Crippen LogP contribution is -2.39. The molecule has 0 amide bonds. The number of aliphatic hydroxyl groups excluding tert-OH is 1. The van der Waals surface area contributed by atoms with Crippen LogP contribution >= 0.6 is 11.6 Å². The molecule has 118 valence electrons. The maximum absolute atomic E-state index is 12.9. The second kappa shape index (κ2) is 6.18. The molecular weight excluding hydrogens is 334 g/mol. The number of aliphatic hydroxyl groups is 1. The molecule has 0 heterocycles. The van der Waals surface area contributed by atoms with Gasteiger partial charge in [-0.2, -0.15) is 0 Å². The van der Waals surface area contributed by atoms with Crippen molar-refractivity contribution < 1.29 is 27.2 Å². The molecule has 1 rings (SSSR count). The van der Waals surface area contributed by atoms with E-state index in [0.717, 1.165) is 6.07 Å². The molecule has 0 atom stereocenters. The molecule has 1 aromatic rings. The lowest BCUT2D eigenvalue weighted by molar-refractivity contribution is -0.384. The fraction of sp³-hybridized carbons (Fsp3) is 0.400. The largest absolute Gasteiger partial charge is 0.390 e. The van der Waals surface area contributed by atoms with E-state index in [0.29, 0.717) is 6.07 Å². The average Bonchev–Trinajstić information content (AvgIpc) is 2.36. The number of nitrogens with one attached hydrogen (secondary N) is 1. The van der Waals surface area contributed by atoms with E-state index in [1.807, 2.05) is 0 Å². The highest BCUT2D eigenvalue weighted by Crippen LogP contribution is 2.30. The van der Waals surface area contributed by atoms with Crippen molar-refractivity contribution >= 4 is 27.3 Å². The van der Waals surface area contributed by atoms with Crippen molar-refractivity contribution in [3.8, 4) is 0 Å². The Labute approximate surface area is 123 Å². The Morgan fingerprint density at radius 3 is 2.52 bits per heavy atom. The number of nitrogens with zero attached hydrogens (tertiary/aromatic N) is 1. The van der Waals surface area contributed by atoms with E-state index in [1.54, 1.807) is 4.72 Å². The van der Waals surface area contributed by atoms with Gasteiger partial charge in [-0.1, -0.05) is 11.6 Å². The lowest BCUT2D eigenvalue weighted by Gasteiger charge is -2.15. The van der Waals surface area contributed by atoms with E-state index >= 15 is 0 Å². The molecule has 0 saturated heterocycles. The van der Waals surface area contributed by atoms with E-state index in [9.17, 15) is 27.3 Å². The fourth-order valence-electron chi connectivity index (χ4n) is 1.41. The maximum Gasteiger partial charge on any atom is 0.289 e. The first kappa shape index (κ1) is 17.7. The van der Waals surface area contributed by atoms with E-state index in [2.05, 4.69) is 0 Å². The summed E-state index contributed by atoms with van der Waals surface area (Å²) in [4.78, 5) is 9.31. The van der Waals surface area contributed by atoms with E-state index in [1.165, 1.54) is 6.92 Å². The third-order valence-corrected chi connectivity index (χ3v) is 4.33. The number of rotatable bonds is 6. The van der Waals surface area contributed by atoms with E-state index < -0.39 is 44.6 Å². The number of hydrogen-bond acceptors (Lipinski definition) is 5. The number of nitro benzene ring substituents is 1. The van der Waals surface area contributed by atoms with Gasteiger partial charge in [0.1, 0.15) is 11.6 Å². The van der Waals surface area contributed by atoms with E-state index in [-0.39, 0.29) is 10.6 Å². The molecular formula is C10H11ClF2N2O5S. The van der Waals surface area contributed by atoms with Crippen molar-refractivity contribution in [2.45, 2.75) is 17.7 Å². The molecule has 0 radical (unpaired) electrons. The first-order valence-electron chi connectivity index (χ1n) is 5.43. The summed E-state index contributed by atoms with van der Waals surface area (Å²) in [5.41, 5.74) is -0.595. The van der Waals surface area contributed by atoms with Crippen LogP contribution in [0, 0.1) is 17.0 Å². The quantitative estimate of drug-likeness (QED) is 0.599. The van der Waals surface area contributed by atoms with Crippen LogP contribution in [0.4, 0.5) is 14.5 Å². The highest BCUT2D eigenvalue weighted by Gasteiger charge is 2.31.